The number of nitrogens with zero attached hydrogens (tertiary/aromatic N) is 2. The second-order valence-electron chi connectivity index (χ2n) is 6.27. The SMILES string of the molecule is COc1ccc2[nH]cc(C=Nc3sc4c(c3C#N)CCCCC4)c2c1. The van der Waals surface area contributed by atoms with Gasteiger partial charge in [-0.1, -0.05) is 6.42 Å². The van der Waals surface area contributed by atoms with Gasteiger partial charge in [0, 0.05) is 33.8 Å². The van der Waals surface area contributed by atoms with Crippen LogP contribution in [0.4, 0.5) is 5.00 Å². The fraction of sp³-hybridized carbons (Fsp3) is 0.300. The molecule has 0 aliphatic heterocycles. The Morgan fingerprint density at radius 2 is 2.16 bits per heavy atom. The Morgan fingerprint density at radius 3 is 3.00 bits per heavy atom. The molecule has 2 aromatic heterocycles. The monoisotopic (exact) mass is 349 g/mol. The van der Waals surface area contributed by atoms with Gasteiger partial charge in [-0.2, -0.15) is 5.26 Å². The fourth-order valence-corrected chi connectivity index (χ4v) is 4.60. The lowest BCUT2D eigenvalue weighted by atomic mass is 10.1. The molecule has 1 aliphatic rings. The minimum atomic E-state index is 0.774. The predicted molar refractivity (Wildman–Crippen MR) is 102 cm³/mol. The summed E-state index contributed by atoms with van der Waals surface area (Å²) in [5.74, 6) is 0.822. The standard InChI is InChI=1S/C20H19N3OS/c1-24-14-7-8-18-16(9-14)13(11-22-18)12-23-20-17(10-21)15-5-3-2-4-6-19(15)25-20/h7-9,11-12,22H,2-6H2,1H3. The van der Waals surface area contributed by atoms with Gasteiger partial charge in [-0.05, 0) is 49.4 Å². The molecular formula is C20H19N3OS. The van der Waals surface area contributed by atoms with Gasteiger partial charge in [0.05, 0.1) is 12.7 Å². The summed E-state index contributed by atoms with van der Waals surface area (Å²) in [6.45, 7) is 0. The number of hydrogen-bond donors (Lipinski definition) is 1. The summed E-state index contributed by atoms with van der Waals surface area (Å²) < 4.78 is 5.31. The van der Waals surface area contributed by atoms with Crippen LogP contribution in [0.25, 0.3) is 10.9 Å². The van der Waals surface area contributed by atoms with Gasteiger partial charge in [0.15, 0.2) is 0 Å². The van der Waals surface area contributed by atoms with Crippen molar-refractivity contribution in [1.29, 1.82) is 5.26 Å². The van der Waals surface area contributed by atoms with Gasteiger partial charge in [-0.3, -0.25) is 0 Å². The molecule has 0 atom stereocenters. The molecule has 0 spiro atoms. The zero-order chi connectivity index (χ0) is 17.2. The van der Waals surface area contributed by atoms with Gasteiger partial charge in [0.2, 0.25) is 0 Å². The van der Waals surface area contributed by atoms with E-state index in [0.29, 0.717) is 0 Å². The van der Waals surface area contributed by atoms with E-state index in [4.69, 9.17) is 4.74 Å². The van der Waals surface area contributed by atoms with Crippen molar-refractivity contribution in [1.82, 2.24) is 4.98 Å². The van der Waals surface area contributed by atoms with Crippen molar-refractivity contribution in [3.63, 3.8) is 0 Å². The Hall–Kier alpha value is -2.58. The molecule has 0 saturated carbocycles. The highest BCUT2D eigenvalue weighted by molar-refractivity contribution is 7.16. The molecule has 2 heterocycles. The van der Waals surface area contributed by atoms with Crippen LogP contribution >= 0.6 is 11.3 Å². The second-order valence-corrected chi connectivity index (χ2v) is 7.35. The first-order valence-corrected chi connectivity index (χ1v) is 9.35. The van der Waals surface area contributed by atoms with Crippen LogP contribution in [0.15, 0.2) is 29.4 Å². The second kappa shape index (κ2) is 6.73. The summed E-state index contributed by atoms with van der Waals surface area (Å²) in [5, 5.41) is 11.5. The summed E-state index contributed by atoms with van der Waals surface area (Å²) in [6, 6.07) is 8.32. The van der Waals surface area contributed by atoms with Crippen molar-refractivity contribution in [3.8, 4) is 11.8 Å². The number of methoxy groups -OCH3 is 1. The number of hydrogen-bond acceptors (Lipinski definition) is 4. The number of nitriles is 1. The van der Waals surface area contributed by atoms with Crippen molar-refractivity contribution < 1.29 is 4.74 Å². The van der Waals surface area contributed by atoms with E-state index in [1.54, 1.807) is 18.4 Å². The molecular weight excluding hydrogens is 330 g/mol. The van der Waals surface area contributed by atoms with Crippen LogP contribution < -0.4 is 4.74 Å². The summed E-state index contributed by atoms with van der Waals surface area (Å²) in [5.41, 5.74) is 4.06. The average molecular weight is 349 g/mol. The predicted octanol–water partition coefficient (Wildman–Crippen LogP) is 5.13. The zero-order valence-corrected chi connectivity index (χ0v) is 14.9. The number of H-pyrrole nitrogens is 1. The Kier molecular flexibility index (Phi) is 4.29. The van der Waals surface area contributed by atoms with E-state index in [1.807, 2.05) is 30.6 Å². The Morgan fingerprint density at radius 1 is 1.28 bits per heavy atom. The van der Waals surface area contributed by atoms with Crippen molar-refractivity contribution in [2.24, 2.45) is 4.99 Å². The maximum absolute atomic E-state index is 9.61. The highest BCUT2D eigenvalue weighted by Gasteiger charge is 2.19. The van der Waals surface area contributed by atoms with E-state index >= 15 is 0 Å². The zero-order valence-electron chi connectivity index (χ0n) is 14.1. The fourth-order valence-electron chi connectivity index (χ4n) is 3.42. The molecule has 25 heavy (non-hydrogen) atoms. The van der Waals surface area contributed by atoms with E-state index in [9.17, 15) is 5.26 Å². The van der Waals surface area contributed by atoms with E-state index in [1.165, 1.54) is 29.7 Å². The van der Waals surface area contributed by atoms with Crippen LogP contribution in [0.2, 0.25) is 0 Å². The number of nitrogens with one attached hydrogen (secondary N) is 1. The van der Waals surface area contributed by atoms with Gasteiger partial charge in [-0.25, -0.2) is 4.99 Å². The van der Waals surface area contributed by atoms with Crippen molar-refractivity contribution >= 4 is 33.5 Å². The lowest BCUT2D eigenvalue weighted by molar-refractivity contribution is 0.415. The third-order valence-corrected chi connectivity index (χ3v) is 5.96. The first kappa shape index (κ1) is 15.9. The van der Waals surface area contributed by atoms with Crippen molar-refractivity contribution in [2.75, 3.05) is 7.11 Å². The van der Waals surface area contributed by atoms with E-state index in [-0.39, 0.29) is 0 Å². The van der Waals surface area contributed by atoms with Gasteiger partial charge in [0.25, 0.3) is 0 Å². The van der Waals surface area contributed by atoms with Crippen LogP contribution in [0, 0.1) is 11.3 Å². The first-order chi connectivity index (χ1) is 12.3. The highest BCUT2D eigenvalue weighted by Crippen LogP contribution is 2.38. The highest BCUT2D eigenvalue weighted by atomic mass is 32.1. The van der Waals surface area contributed by atoms with Gasteiger partial charge in [-0.15, -0.1) is 11.3 Å². The summed E-state index contributed by atoms with van der Waals surface area (Å²) >= 11 is 1.68. The molecule has 1 aromatic carbocycles. The number of rotatable bonds is 3. The largest absolute Gasteiger partial charge is 0.497 e. The summed E-state index contributed by atoms with van der Waals surface area (Å²) in [7, 11) is 1.67. The van der Waals surface area contributed by atoms with Gasteiger partial charge in [0.1, 0.15) is 16.8 Å². The third kappa shape index (κ3) is 2.94. The molecule has 1 aliphatic carbocycles. The lowest BCUT2D eigenvalue weighted by Crippen LogP contribution is -1.87. The third-order valence-electron chi connectivity index (χ3n) is 4.76. The molecule has 0 unspecified atom stereocenters. The Balaban J connectivity index is 1.72. The normalized spacial score (nSPS) is 14.4. The summed E-state index contributed by atoms with van der Waals surface area (Å²) in [4.78, 5) is 9.27. The molecule has 4 nitrogen and oxygen atoms in total. The molecule has 0 radical (unpaired) electrons. The number of aliphatic imine (C=N–C) groups is 1. The number of aryl methyl sites for hydroxylation is 1. The molecule has 0 bridgehead atoms. The molecule has 126 valence electrons. The number of aromatic amines is 1. The Labute approximate surface area is 150 Å². The molecule has 3 aromatic rings. The number of fused-ring (bicyclic) bond motifs is 2. The maximum atomic E-state index is 9.61. The maximum Gasteiger partial charge on any atom is 0.134 e. The molecule has 0 amide bonds. The molecule has 5 heteroatoms. The minimum Gasteiger partial charge on any atom is -0.497 e. The Bertz CT molecular complexity index is 990. The van der Waals surface area contributed by atoms with E-state index in [2.05, 4.69) is 16.0 Å². The van der Waals surface area contributed by atoms with Crippen molar-refractivity contribution in [3.05, 3.63) is 46.0 Å². The van der Waals surface area contributed by atoms with Crippen LogP contribution in [-0.2, 0) is 12.8 Å². The number of thiophene rings is 1. The number of benzene rings is 1. The van der Waals surface area contributed by atoms with Crippen LogP contribution in [0.1, 0.15) is 40.8 Å². The quantitative estimate of drug-likeness (QED) is 0.526. The average Bonchev–Trinajstić information content (AvgIpc) is 3.11. The van der Waals surface area contributed by atoms with Crippen LogP contribution in [-0.4, -0.2) is 18.3 Å². The molecule has 4 rings (SSSR count). The minimum absolute atomic E-state index is 0.774. The number of ether oxygens (including phenoxy) is 1. The molecule has 0 fully saturated rings. The lowest BCUT2D eigenvalue weighted by Gasteiger charge is -1.99. The smallest absolute Gasteiger partial charge is 0.134 e. The van der Waals surface area contributed by atoms with Gasteiger partial charge < -0.3 is 9.72 Å². The molecule has 1 N–H and O–H groups in total. The van der Waals surface area contributed by atoms with Crippen LogP contribution in [0.5, 0.6) is 5.75 Å². The van der Waals surface area contributed by atoms with E-state index < -0.39 is 0 Å². The first-order valence-electron chi connectivity index (χ1n) is 8.54. The van der Waals surface area contributed by atoms with E-state index in [0.717, 1.165) is 45.6 Å². The van der Waals surface area contributed by atoms with Crippen molar-refractivity contribution in [2.45, 2.75) is 32.1 Å². The van der Waals surface area contributed by atoms with Gasteiger partial charge >= 0.3 is 0 Å². The summed E-state index contributed by atoms with van der Waals surface area (Å²) in [6.07, 6.45) is 9.52. The molecule has 0 saturated heterocycles. The van der Waals surface area contributed by atoms with Crippen LogP contribution in [0.3, 0.4) is 0 Å². The number of aromatic nitrogens is 1. The topological polar surface area (TPSA) is 61.2 Å².